The molecule has 0 aliphatic carbocycles. The monoisotopic (exact) mass is 541 g/mol. The lowest BCUT2D eigenvalue weighted by Crippen LogP contribution is -2.41. The number of benzene rings is 2. The zero-order valence-electron chi connectivity index (χ0n) is 21.6. The molecule has 0 atom stereocenters. The topological polar surface area (TPSA) is 98.5 Å². The van der Waals surface area contributed by atoms with Gasteiger partial charge in [-0.3, -0.25) is 14.4 Å². The van der Waals surface area contributed by atoms with Gasteiger partial charge in [0.05, 0.1) is 16.5 Å². The fourth-order valence-electron chi connectivity index (χ4n) is 4.23. The minimum Gasteiger partial charge on any atom is -0.406 e. The van der Waals surface area contributed by atoms with Gasteiger partial charge in [-0.25, -0.2) is 0 Å². The molecule has 12 heteroatoms. The first-order valence-corrected chi connectivity index (χ1v) is 11.8. The van der Waals surface area contributed by atoms with Crippen molar-refractivity contribution in [1.82, 2.24) is 19.2 Å². The van der Waals surface area contributed by atoms with Crippen LogP contribution < -0.4 is 21.2 Å². The quantitative estimate of drug-likeness (QED) is 0.375. The first kappa shape index (κ1) is 27.4. The van der Waals surface area contributed by atoms with Gasteiger partial charge in [-0.05, 0) is 56.3 Å². The summed E-state index contributed by atoms with van der Waals surface area (Å²) in [6.07, 6.45) is -3.27. The third-order valence-electron chi connectivity index (χ3n) is 5.94. The molecule has 1 amide bonds. The van der Waals surface area contributed by atoms with E-state index in [1.165, 1.54) is 21.6 Å². The predicted octanol–water partition coefficient (Wildman–Crippen LogP) is 4.30. The Morgan fingerprint density at radius 1 is 0.949 bits per heavy atom. The fraction of sp³-hybridized carbons (Fsp3) is 0.259. The maximum atomic E-state index is 13.3. The van der Waals surface area contributed by atoms with Crippen LogP contribution in [0.4, 0.5) is 24.7 Å². The molecule has 2 aromatic heterocycles. The predicted molar refractivity (Wildman–Crippen MR) is 140 cm³/mol. The van der Waals surface area contributed by atoms with Crippen LogP contribution in [0.2, 0.25) is 0 Å². The van der Waals surface area contributed by atoms with Crippen LogP contribution in [0.1, 0.15) is 13.8 Å². The number of alkyl halides is 3. The van der Waals surface area contributed by atoms with Crippen LogP contribution in [0.15, 0.2) is 76.4 Å². The smallest absolute Gasteiger partial charge is 0.406 e. The molecule has 0 bridgehead atoms. The fourth-order valence-corrected chi connectivity index (χ4v) is 4.23. The van der Waals surface area contributed by atoms with Crippen molar-refractivity contribution in [3.8, 4) is 11.4 Å². The second-order valence-corrected chi connectivity index (χ2v) is 9.72. The number of nitrogens with one attached hydrogen (secondary N) is 1. The van der Waals surface area contributed by atoms with Gasteiger partial charge in [0.2, 0.25) is 5.91 Å². The third-order valence-corrected chi connectivity index (χ3v) is 5.94. The van der Waals surface area contributed by atoms with Gasteiger partial charge >= 0.3 is 6.36 Å². The van der Waals surface area contributed by atoms with Crippen LogP contribution in [0.5, 0.6) is 5.75 Å². The Morgan fingerprint density at radius 2 is 1.59 bits per heavy atom. The van der Waals surface area contributed by atoms with E-state index >= 15 is 0 Å². The summed E-state index contributed by atoms with van der Waals surface area (Å²) in [5.74, 6) is -0.405. The van der Waals surface area contributed by atoms with E-state index in [2.05, 4.69) is 15.2 Å². The lowest BCUT2D eigenvalue weighted by Gasteiger charge is -2.27. The average Bonchev–Trinajstić information content (AvgIpc) is 2.87. The maximum Gasteiger partial charge on any atom is 0.573 e. The largest absolute Gasteiger partial charge is 0.573 e. The Bertz CT molecular complexity index is 1640. The minimum absolute atomic E-state index is 0.123. The summed E-state index contributed by atoms with van der Waals surface area (Å²) >= 11 is 0. The molecule has 9 nitrogen and oxygen atoms in total. The van der Waals surface area contributed by atoms with Crippen molar-refractivity contribution >= 4 is 28.2 Å². The molecule has 0 spiro atoms. The molecule has 0 unspecified atom stereocenters. The van der Waals surface area contributed by atoms with Crippen molar-refractivity contribution in [1.29, 1.82) is 0 Å². The Balaban J connectivity index is 1.75. The molecule has 4 aromatic rings. The lowest BCUT2D eigenvalue weighted by molar-refractivity contribution is -0.274. The van der Waals surface area contributed by atoms with Crippen molar-refractivity contribution in [3.05, 3.63) is 87.6 Å². The lowest BCUT2D eigenvalue weighted by atomic mass is 9.91. The second kappa shape index (κ2) is 10.3. The summed E-state index contributed by atoms with van der Waals surface area (Å²) in [4.78, 5) is 40.6. The molecule has 0 aliphatic rings. The number of fused-ring (bicyclic) bond motifs is 1. The number of pyridine rings is 1. The molecule has 204 valence electrons. The van der Waals surface area contributed by atoms with E-state index in [9.17, 15) is 27.6 Å². The van der Waals surface area contributed by atoms with Gasteiger partial charge in [0.15, 0.2) is 5.82 Å². The highest BCUT2D eigenvalue weighted by Gasteiger charge is 2.31. The summed E-state index contributed by atoms with van der Waals surface area (Å²) in [5.41, 5.74) is -1.42. The first-order chi connectivity index (χ1) is 18.3. The van der Waals surface area contributed by atoms with Gasteiger partial charge < -0.3 is 19.5 Å². The molecule has 39 heavy (non-hydrogen) atoms. The van der Waals surface area contributed by atoms with Crippen LogP contribution in [0.3, 0.4) is 0 Å². The van der Waals surface area contributed by atoms with E-state index in [0.29, 0.717) is 5.39 Å². The normalized spacial score (nSPS) is 11.9. The van der Waals surface area contributed by atoms with Crippen LogP contribution >= 0.6 is 0 Å². The number of nitrogens with zero attached hydrogens (tertiary/aromatic N) is 4. The molecule has 0 saturated carbocycles. The van der Waals surface area contributed by atoms with E-state index in [4.69, 9.17) is 0 Å². The molecule has 0 aliphatic heterocycles. The van der Waals surface area contributed by atoms with Crippen molar-refractivity contribution in [3.63, 3.8) is 0 Å². The molecule has 0 radical (unpaired) electrons. The zero-order chi connectivity index (χ0) is 28.5. The first-order valence-electron chi connectivity index (χ1n) is 11.8. The summed E-state index contributed by atoms with van der Waals surface area (Å²) in [7, 11) is 3.29. The number of carbonyl (C=O) groups is 1. The van der Waals surface area contributed by atoms with E-state index in [1.807, 2.05) is 0 Å². The highest BCUT2D eigenvalue weighted by atomic mass is 19.4. The minimum atomic E-state index is -4.85. The number of halogens is 3. The Hall–Kier alpha value is -4.61. The van der Waals surface area contributed by atoms with Crippen LogP contribution in [-0.4, -0.2) is 45.6 Å². The van der Waals surface area contributed by atoms with Crippen LogP contribution in [0.25, 0.3) is 16.5 Å². The highest BCUT2D eigenvalue weighted by molar-refractivity contribution is 5.92. The van der Waals surface area contributed by atoms with Gasteiger partial charge in [0, 0.05) is 32.2 Å². The Morgan fingerprint density at radius 3 is 2.21 bits per heavy atom. The molecule has 2 heterocycles. The summed E-state index contributed by atoms with van der Waals surface area (Å²) in [5, 5.41) is 8.10. The van der Waals surface area contributed by atoms with E-state index < -0.39 is 28.6 Å². The van der Waals surface area contributed by atoms with Gasteiger partial charge in [-0.15, -0.1) is 18.3 Å². The van der Waals surface area contributed by atoms with E-state index in [-0.39, 0.29) is 35.0 Å². The molecule has 1 N–H and O–H groups in total. The number of amides is 1. The van der Waals surface area contributed by atoms with Crippen molar-refractivity contribution < 1.29 is 22.7 Å². The highest BCUT2D eigenvalue weighted by Crippen LogP contribution is 2.26. The number of ether oxygens (including phenoxy) is 1. The molecular formula is C27H26F3N5O4. The van der Waals surface area contributed by atoms with Crippen molar-refractivity contribution in [2.75, 3.05) is 19.4 Å². The zero-order valence-corrected chi connectivity index (χ0v) is 21.6. The molecule has 0 saturated heterocycles. The molecular weight excluding hydrogens is 515 g/mol. The third kappa shape index (κ3) is 5.95. The standard InChI is InChI=1S/C27H26F3N5O4/c1-26(2,25(38)33(3)4)16-34-15-7-10-21(24(34)37)31-22-19-8-5-6-9-20(19)23(36)35(32-22)17-11-13-18(14-12-17)39-27(28,29)30/h5-15H,16H2,1-4H3,(H,31,32). The number of anilines is 2. The average molecular weight is 542 g/mol. The molecule has 0 fully saturated rings. The molecule has 4 rings (SSSR count). The Kier molecular flexibility index (Phi) is 7.23. The number of rotatable bonds is 7. The summed E-state index contributed by atoms with van der Waals surface area (Å²) in [6.45, 7) is 3.62. The number of hydrogen-bond donors (Lipinski definition) is 1. The van der Waals surface area contributed by atoms with Crippen molar-refractivity contribution in [2.24, 2.45) is 5.41 Å². The number of aromatic nitrogens is 3. The number of carbonyl (C=O) groups excluding carboxylic acids is 1. The van der Waals surface area contributed by atoms with Crippen LogP contribution in [0, 0.1) is 5.41 Å². The van der Waals surface area contributed by atoms with Crippen LogP contribution in [-0.2, 0) is 11.3 Å². The second-order valence-electron chi connectivity index (χ2n) is 9.72. The van der Waals surface area contributed by atoms with E-state index in [1.54, 1.807) is 70.5 Å². The van der Waals surface area contributed by atoms with Gasteiger partial charge in [0.1, 0.15) is 11.4 Å². The van der Waals surface area contributed by atoms with Gasteiger partial charge in [-0.2, -0.15) is 4.68 Å². The molecule has 2 aromatic carbocycles. The number of hydrogen-bond acceptors (Lipinski definition) is 6. The summed E-state index contributed by atoms with van der Waals surface area (Å²) in [6, 6.07) is 14.5. The SMILES string of the molecule is CN(C)C(=O)C(C)(C)Cn1cccc(Nc2nn(-c3ccc(OC(F)(F)F)cc3)c(=O)c3ccccc23)c1=O. The van der Waals surface area contributed by atoms with E-state index in [0.717, 1.165) is 16.8 Å². The van der Waals surface area contributed by atoms with Crippen molar-refractivity contribution in [2.45, 2.75) is 26.8 Å². The van der Waals surface area contributed by atoms with Gasteiger partial charge in [0.25, 0.3) is 11.1 Å². The maximum absolute atomic E-state index is 13.3. The Labute approximate surface area is 221 Å². The summed E-state index contributed by atoms with van der Waals surface area (Å²) < 4.78 is 44.0. The van der Waals surface area contributed by atoms with Gasteiger partial charge in [-0.1, -0.05) is 18.2 Å².